The molecule has 0 aromatic heterocycles. The van der Waals surface area contributed by atoms with Crippen molar-refractivity contribution in [3.05, 3.63) is 34.3 Å². The Labute approximate surface area is 85.1 Å². The van der Waals surface area contributed by atoms with Crippen LogP contribution in [0.3, 0.4) is 0 Å². The molecule has 0 saturated heterocycles. The molecule has 3 heteroatoms. The van der Waals surface area contributed by atoms with Crippen molar-refractivity contribution in [2.75, 3.05) is 0 Å². The van der Waals surface area contributed by atoms with E-state index in [0.29, 0.717) is 6.54 Å². The maximum absolute atomic E-state index is 5.95. The van der Waals surface area contributed by atoms with Gasteiger partial charge in [-0.2, -0.15) is 0 Å². The van der Waals surface area contributed by atoms with Gasteiger partial charge in [-0.15, -0.1) is 0 Å². The molecular weight excluding hydrogens is 272 g/mol. The van der Waals surface area contributed by atoms with Crippen LogP contribution in [0, 0.1) is 0 Å². The molecule has 0 aliphatic rings. The number of hydrogen-bond donors (Lipinski definition) is 1. The van der Waals surface area contributed by atoms with Gasteiger partial charge in [0.15, 0.2) is 0 Å². The number of nitrogens with two attached hydrogens (primary N) is 1. The van der Waals surface area contributed by atoms with Gasteiger partial charge < -0.3 is 5.73 Å². The summed E-state index contributed by atoms with van der Waals surface area (Å²) < 4.78 is 0.946. The van der Waals surface area contributed by atoms with E-state index in [0.717, 1.165) is 15.0 Å². The number of rotatable bonds is 2. The largest absolute Gasteiger partial charge is 0.326 e. The smallest absolute Gasteiger partial charge is 0.0449 e. The monoisotopic (exact) mass is 281 g/mol. The fraction of sp³-hybridized carbons (Fsp3) is 0.250. The van der Waals surface area contributed by atoms with Crippen molar-refractivity contribution in [1.29, 1.82) is 0 Å². The quantitative estimate of drug-likeness (QED) is 0.655. The molecular formula is C8H9ClIN. The zero-order valence-electron chi connectivity index (χ0n) is 5.98. The van der Waals surface area contributed by atoms with E-state index in [9.17, 15) is 0 Å². The highest BCUT2D eigenvalue weighted by molar-refractivity contribution is 14.1. The van der Waals surface area contributed by atoms with Crippen LogP contribution in [0.4, 0.5) is 0 Å². The van der Waals surface area contributed by atoms with Gasteiger partial charge in [0.05, 0.1) is 0 Å². The van der Waals surface area contributed by atoms with Crippen LogP contribution in [-0.2, 0) is 11.0 Å². The van der Waals surface area contributed by atoms with Gasteiger partial charge in [0.25, 0.3) is 0 Å². The third kappa shape index (κ3) is 2.32. The third-order valence-electron chi connectivity index (χ3n) is 1.50. The first-order valence-corrected chi connectivity index (χ1v) is 5.21. The molecule has 60 valence electrons. The highest BCUT2D eigenvalue weighted by atomic mass is 127. The van der Waals surface area contributed by atoms with Crippen LogP contribution in [0.25, 0.3) is 0 Å². The summed E-state index contributed by atoms with van der Waals surface area (Å²) in [6.07, 6.45) is 0. The molecule has 2 N–H and O–H groups in total. The van der Waals surface area contributed by atoms with Crippen molar-refractivity contribution in [2.45, 2.75) is 11.0 Å². The summed E-state index contributed by atoms with van der Waals surface area (Å²) in [4.78, 5) is 0. The fourth-order valence-electron chi connectivity index (χ4n) is 0.826. The summed E-state index contributed by atoms with van der Waals surface area (Å²) in [7, 11) is 0. The zero-order valence-corrected chi connectivity index (χ0v) is 8.89. The van der Waals surface area contributed by atoms with Crippen LogP contribution in [-0.4, -0.2) is 0 Å². The summed E-state index contributed by atoms with van der Waals surface area (Å²) in [6, 6.07) is 5.96. The van der Waals surface area contributed by atoms with E-state index in [1.807, 2.05) is 18.2 Å². The van der Waals surface area contributed by atoms with Gasteiger partial charge in [-0.25, -0.2) is 0 Å². The van der Waals surface area contributed by atoms with Gasteiger partial charge >= 0.3 is 0 Å². The van der Waals surface area contributed by atoms with Crippen LogP contribution < -0.4 is 5.73 Å². The van der Waals surface area contributed by atoms with E-state index in [4.69, 9.17) is 17.3 Å². The molecule has 0 bridgehead atoms. The summed E-state index contributed by atoms with van der Waals surface area (Å²) in [5.74, 6) is 0. The summed E-state index contributed by atoms with van der Waals surface area (Å²) >= 11 is 8.23. The molecule has 0 heterocycles. The average Bonchev–Trinajstić information content (AvgIpc) is 2.04. The Morgan fingerprint density at radius 3 is 2.64 bits per heavy atom. The summed E-state index contributed by atoms with van der Waals surface area (Å²) in [5, 5.41) is 0.822. The Hall–Kier alpha value is 0.200. The zero-order chi connectivity index (χ0) is 8.27. The standard InChI is InChI=1S/C8H9ClIN/c9-8-3-6(5-11)1-2-7(8)4-10/h1-3H,4-5,11H2. The number of alkyl halides is 1. The Bertz CT molecular complexity index is 250. The highest BCUT2D eigenvalue weighted by Crippen LogP contribution is 2.19. The Balaban J connectivity index is 2.99. The summed E-state index contributed by atoms with van der Waals surface area (Å²) in [5.41, 5.74) is 7.71. The topological polar surface area (TPSA) is 26.0 Å². The molecule has 0 radical (unpaired) electrons. The van der Waals surface area contributed by atoms with Crippen molar-refractivity contribution >= 4 is 34.2 Å². The van der Waals surface area contributed by atoms with Crippen molar-refractivity contribution in [2.24, 2.45) is 5.73 Å². The lowest BCUT2D eigenvalue weighted by Crippen LogP contribution is -1.96. The fourth-order valence-corrected chi connectivity index (χ4v) is 1.99. The summed E-state index contributed by atoms with van der Waals surface area (Å²) in [6.45, 7) is 0.557. The van der Waals surface area contributed by atoms with E-state index < -0.39 is 0 Å². The van der Waals surface area contributed by atoms with Crippen molar-refractivity contribution in [3.63, 3.8) is 0 Å². The molecule has 0 fully saturated rings. The molecule has 1 rings (SSSR count). The number of halogens is 2. The van der Waals surface area contributed by atoms with E-state index >= 15 is 0 Å². The molecule has 0 saturated carbocycles. The molecule has 0 amide bonds. The molecule has 0 unspecified atom stereocenters. The maximum atomic E-state index is 5.95. The second-order valence-corrected chi connectivity index (χ2v) is 3.43. The molecule has 1 aromatic rings. The van der Waals surface area contributed by atoms with Crippen LogP contribution >= 0.6 is 34.2 Å². The van der Waals surface area contributed by atoms with Crippen LogP contribution in [0.5, 0.6) is 0 Å². The predicted molar refractivity (Wildman–Crippen MR) is 57.1 cm³/mol. The Morgan fingerprint density at radius 2 is 2.18 bits per heavy atom. The Morgan fingerprint density at radius 1 is 1.45 bits per heavy atom. The SMILES string of the molecule is NCc1ccc(CI)c(Cl)c1. The third-order valence-corrected chi connectivity index (χ3v) is 2.67. The van der Waals surface area contributed by atoms with Gasteiger partial charge in [-0.3, -0.25) is 0 Å². The highest BCUT2D eigenvalue weighted by Gasteiger charge is 1.98. The van der Waals surface area contributed by atoms with Crippen LogP contribution in [0.2, 0.25) is 5.02 Å². The van der Waals surface area contributed by atoms with E-state index in [1.54, 1.807) is 0 Å². The minimum absolute atomic E-state index is 0.557. The van der Waals surface area contributed by atoms with Gasteiger partial charge in [-0.05, 0) is 17.2 Å². The first-order valence-electron chi connectivity index (χ1n) is 3.31. The molecule has 1 nitrogen and oxygen atoms in total. The second-order valence-electron chi connectivity index (χ2n) is 2.26. The minimum atomic E-state index is 0.557. The lowest BCUT2D eigenvalue weighted by Gasteiger charge is -2.01. The number of hydrogen-bond acceptors (Lipinski definition) is 1. The van der Waals surface area contributed by atoms with E-state index in [2.05, 4.69) is 22.6 Å². The number of benzene rings is 1. The van der Waals surface area contributed by atoms with Crippen molar-refractivity contribution in [3.8, 4) is 0 Å². The molecule has 1 aromatic carbocycles. The molecule has 0 spiro atoms. The minimum Gasteiger partial charge on any atom is -0.326 e. The first kappa shape index (κ1) is 9.29. The van der Waals surface area contributed by atoms with Crippen molar-refractivity contribution < 1.29 is 0 Å². The van der Waals surface area contributed by atoms with Gasteiger partial charge in [0, 0.05) is 16.0 Å². The molecule has 0 aliphatic heterocycles. The molecule has 0 atom stereocenters. The van der Waals surface area contributed by atoms with Gasteiger partial charge in [0.1, 0.15) is 0 Å². The van der Waals surface area contributed by atoms with Crippen LogP contribution in [0.1, 0.15) is 11.1 Å². The van der Waals surface area contributed by atoms with E-state index in [1.165, 1.54) is 5.56 Å². The molecule has 11 heavy (non-hydrogen) atoms. The second kappa shape index (κ2) is 4.28. The van der Waals surface area contributed by atoms with Crippen molar-refractivity contribution in [1.82, 2.24) is 0 Å². The van der Waals surface area contributed by atoms with E-state index in [-0.39, 0.29) is 0 Å². The lowest BCUT2D eigenvalue weighted by molar-refractivity contribution is 1.07. The maximum Gasteiger partial charge on any atom is 0.0449 e. The van der Waals surface area contributed by atoms with Gasteiger partial charge in [0.2, 0.25) is 0 Å². The first-order chi connectivity index (χ1) is 5.27. The van der Waals surface area contributed by atoms with Gasteiger partial charge in [-0.1, -0.05) is 46.3 Å². The van der Waals surface area contributed by atoms with Crippen LogP contribution in [0.15, 0.2) is 18.2 Å². The normalized spacial score (nSPS) is 10.1. The predicted octanol–water partition coefficient (Wildman–Crippen LogP) is 2.73. The average molecular weight is 282 g/mol. The Kier molecular flexibility index (Phi) is 3.62. The molecule has 0 aliphatic carbocycles. The lowest BCUT2D eigenvalue weighted by atomic mass is 10.1.